The number of aryl methyl sites for hydroxylation is 1. The molecule has 0 amide bonds. The van der Waals surface area contributed by atoms with E-state index < -0.39 is 0 Å². The average Bonchev–Trinajstić information content (AvgIpc) is 2.43. The average molecular weight is 181 g/mol. The van der Waals surface area contributed by atoms with Crippen molar-refractivity contribution >= 4 is 11.3 Å². The lowest BCUT2D eigenvalue weighted by Gasteiger charge is -2.11. The standard InChI is InChI=1S/C10H15NS/c1-11-9-4-2-3-8-5-6-12-10(8)7-9/h5-6,9,11H,2-4,7H2,1H3. The van der Waals surface area contributed by atoms with Gasteiger partial charge in [-0.1, -0.05) is 0 Å². The molecule has 0 saturated heterocycles. The van der Waals surface area contributed by atoms with Crippen LogP contribution in [-0.2, 0) is 12.8 Å². The summed E-state index contributed by atoms with van der Waals surface area (Å²) < 4.78 is 0. The molecule has 0 aliphatic heterocycles. The molecule has 1 N–H and O–H groups in total. The van der Waals surface area contributed by atoms with E-state index in [1.165, 1.54) is 25.7 Å². The lowest BCUT2D eigenvalue weighted by atomic mass is 10.1. The predicted molar refractivity (Wildman–Crippen MR) is 53.8 cm³/mol. The van der Waals surface area contributed by atoms with E-state index >= 15 is 0 Å². The van der Waals surface area contributed by atoms with E-state index in [1.807, 2.05) is 11.3 Å². The number of hydrogen-bond acceptors (Lipinski definition) is 2. The molecule has 0 saturated carbocycles. The molecule has 1 aromatic heterocycles. The molecule has 66 valence electrons. The summed E-state index contributed by atoms with van der Waals surface area (Å²) in [5.41, 5.74) is 1.60. The molecule has 1 aliphatic carbocycles. The van der Waals surface area contributed by atoms with Gasteiger partial charge >= 0.3 is 0 Å². The third-order valence-electron chi connectivity index (χ3n) is 2.68. The van der Waals surface area contributed by atoms with Gasteiger partial charge in [0.2, 0.25) is 0 Å². The quantitative estimate of drug-likeness (QED) is 0.655. The van der Waals surface area contributed by atoms with Gasteiger partial charge in [-0.25, -0.2) is 0 Å². The normalized spacial score (nSPS) is 23.2. The van der Waals surface area contributed by atoms with E-state index in [1.54, 1.807) is 10.4 Å². The highest BCUT2D eigenvalue weighted by molar-refractivity contribution is 7.10. The zero-order valence-electron chi connectivity index (χ0n) is 7.47. The monoisotopic (exact) mass is 181 g/mol. The summed E-state index contributed by atoms with van der Waals surface area (Å²) in [4.78, 5) is 1.60. The largest absolute Gasteiger partial charge is 0.317 e. The highest BCUT2D eigenvalue weighted by atomic mass is 32.1. The van der Waals surface area contributed by atoms with E-state index in [0.29, 0.717) is 6.04 Å². The van der Waals surface area contributed by atoms with Crippen LogP contribution in [0.5, 0.6) is 0 Å². The molecule has 0 spiro atoms. The Morgan fingerprint density at radius 1 is 1.58 bits per heavy atom. The second kappa shape index (κ2) is 3.58. The molecule has 0 bridgehead atoms. The predicted octanol–water partition coefficient (Wildman–Crippen LogP) is 2.21. The van der Waals surface area contributed by atoms with Gasteiger partial charge in [0.25, 0.3) is 0 Å². The van der Waals surface area contributed by atoms with E-state index in [-0.39, 0.29) is 0 Å². The van der Waals surface area contributed by atoms with Crippen molar-refractivity contribution in [1.82, 2.24) is 5.32 Å². The number of likely N-dealkylation sites (N-methyl/N-ethyl adjacent to an activating group) is 1. The van der Waals surface area contributed by atoms with Gasteiger partial charge in [0.05, 0.1) is 0 Å². The van der Waals surface area contributed by atoms with Crippen molar-refractivity contribution in [2.45, 2.75) is 31.7 Å². The minimum absolute atomic E-state index is 0.713. The van der Waals surface area contributed by atoms with Gasteiger partial charge in [-0.05, 0) is 49.7 Å². The molecule has 1 unspecified atom stereocenters. The molecule has 0 radical (unpaired) electrons. The Kier molecular flexibility index (Phi) is 2.47. The Morgan fingerprint density at radius 2 is 2.50 bits per heavy atom. The molecule has 1 aliphatic rings. The second-order valence-corrected chi connectivity index (χ2v) is 4.45. The van der Waals surface area contributed by atoms with Crippen LogP contribution >= 0.6 is 11.3 Å². The number of fused-ring (bicyclic) bond motifs is 1. The lowest BCUT2D eigenvalue weighted by Crippen LogP contribution is -2.26. The lowest BCUT2D eigenvalue weighted by molar-refractivity contribution is 0.519. The van der Waals surface area contributed by atoms with E-state index in [9.17, 15) is 0 Å². The van der Waals surface area contributed by atoms with Crippen molar-refractivity contribution in [3.05, 3.63) is 21.9 Å². The maximum absolute atomic E-state index is 3.38. The fourth-order valence-corrected chi connectivity index (χ4v) is 2.90. The van der Waals surface area contributed by atoms with Crippen molar-refractivity contribution in [2.24, 2.45) is 0 Å². The van der Waals surface area contributed by atoms with Crippen LogP contribution in [0.2, 0.25) is 0 Å². The van der Waals surface area contributed by atoms with Gasteiger partial charge in [-0.2, -0.15) is 0 Å². The van der Waals surface area contributed by atoms with Crippen LogP contribution in [0.15, 0.2) is 11.4 Å². The first-order valence-corrected chi connectivity index (χ1v) is 5.50. The molecule has 1 nitrogen and oxygen atoms in total. The second-order valence-electron chi connectivity index (χ2n) is 3.45. The third-order valence-corrected chi connectivity index (χ3v) is 3.66. The van der Waals surface area contributed by atoms with Crippen LogP contribution in [0.4, 0.5) is 0 Å². The topological polar surface area (TPSA) is 12.0 Å². The van der Waals surface area contributed by atoms with Crippen molar-refractivity contribution in [3.8, 4) is 0 Å². The molecular formula is C10H15NS. The minimum Gasteiger partial charge on any atom is -0.317 e. The number of nitrogens with one attached hydrogen (secondary N) is 1. The maximum atomic E-state index is 3.38. The van der Waals surface area contributed by atoms with Crippen LogP contribution in [0, 0.1) is 0 Å². The summed E-state index contributed by atoms with van der Waals surface area (Å²) in [7, 11) is 2.07. The van der Waals surface area contributed by atoms with E-state index in [0.717, 1.165) is 0 Å². The Hall–Kier alpha value is -0.340. The van der Waals surface area contributed by atoms with Gasteiger partial charge in [0.15, 0.2) is 0 Å². The van der Waals surface area contributed by atoms with Gasteiger partial charge < -0.3 is 5.32 Å². The van der Waals surface area contributed by atoms with E-state index in [4.69, 9.17) is 0 Å². The van der Waals surface area contributed by atoms with Crippen molar-refractivity contribution in [1.29, 1.82) is 0 Å². The highest BCUT2D eigenvalue weighted by Gasteiger charge is 2.15. The molecule has 0 aromatic carbocycles. The number of rotatable bonds is 1. The zero-order valence-corrected chi connectivity index (χ0v) is 8.29. The summed E-state index contributed by atoms with van der Waals surface area (Å²) in [6, 6.07) is 3.00. The van der Waals surface area contributed by atoms with Crippen molar-refractivity contribution in [3.63, 3.8) is 0 Å². The smallest absolute Gasteiger partial charge is 0.0113 e. The minimum atomic E-state index is 0.713. The summed E-state index contributed by atoms with van der Waals surface area (Å²) >= 11 is 1.92. The highest BCUT2D eigenvalue weighted by Crippen LogP contribution is 2.25. The molecule has 12 heavy (non-hydrogen) atoms. The van der Waals surface area contributed by atoms with Gasteiger partial charge in [0, 0.05) is 10.9 Å². The van der Waals surface area contributed by atoms with E-state index in [2.05, 4.69) is 23.8 Å². The number of hydrogen-bond donors (Lipinski definition) is 1. The van der Waals surface area contributed by atoms with Gasteiger partial charge in [0.1, 0.15) is 0 Å². The first-order chi connectivity index (χ1) is 5.90. The SMILES string of the molecule is CNC1CCCc2ccsc2C1. The van der Waals surface area contributed by atoms with Gasteiger partial charge in [-0.3, -0.25) is 0 Å². The molecule has 1 atom stereocenters. The summed E-state index contributed by atoms with van der Waals surface area (Å²) in [5.74, 6) is 0. The Bertz CT molecular complexity index is 254. The fraction of sp³-hybridized carbons (Fsp3) is 0.600. The third kappa shape index (κ3) is 1.54. The van der Waals surface area contributed by atoms with Crippen LogP contribution in [0.1, 0.15) is 23.3 Å². The summed E-state index contributed by atoms with van der Waals surface area (Å²) in [5, 5.41) is 5.61. The van der Waals surface area contributed by atoms with Crippen molar-refractivity contribution in [2.75, 3.05) is 7.05 Å². The molecule has 2 heteroatoms. The van der Waals surface area contributed by atoms with Crippen LogP contribution in [-0.4, -0.2) is 13.1 Å². The summed E-state index contributed by atoms with van der Waals surface area (Å²) in [6.45, 7) is 0. The first-order valence-electron chi connectivity index (χ1n) is 4.62. The number of thiophene rings is 1. The zero-order chi connectivity index (χ0) is 8.39. The first kappa shape index (κ1) is 8.27. The fourth-order valence-electron chi connectivity index (χ4n) is 1.88. The molecule has 0 fully saturated rings. The van der Waals surface area contributed by atoms with Gasteiger partial charge in [-0.15, -0.1) is 11.3 Å². The van der Waals surface area contributed by atoms with Crippen LogP contribution in [0.3, 0.4) is 0 Å². The molecule has 2 rings (SSSR count). The molecular weight excluding hydrogens is 166 g/mol. The Balaban J connectivity index is 2.18. The molecule has 1 heterocycles. The maximum Gasteiger partial charge on any atom is 0.0113 e. The van der Waals surface area contributed by atoms with Crippen molar-refractivity contribution < 1.29 is 0 Å². The molecule has 1 aromatic rings. The Labute approximate surface area is 77.8 Å². The summed E-state index contributed by atoms with van der Waals surface area (Å²) in [6.07, 6.45) is 5.20. The van der Waals surface area contributed by atoms with Crippen LogP contribution < -0.4 is 5.32 Å². The van der Waals surface area contributed by atoms with Crippen LogP contribution in [0.25, 0.3) is 0 Å². The Morgan fingerprint density at radius 3 is 3.33 bits per heavy atom.